The van der Waals surface area contributed by atoms with Gasteiger partial charge in [0.1, 0.15) is 5.75 Å². The molecule has 0 bridgehead atoms. The lowest BCUT2D eigenvalue weighted by molar-refractivity contribution is -0.118. The molecule has 0 atom stereocenters. The first-order valence-electron chi connectivity index (χ1n) is 7.16. The monoisotopic (exact) mass is 332 g/mol. The zero-order valence-corrected chi connectivity index (χ0v) is 13.3. The van der Waals surface area contributed by atoms with E-state index < -0.39 is 10.0 Å². The molecule has 0 saturated carbocycles. The second kappa shape index (κ2) is 5.92. The van der Waals surface area contributed by atoms with E-state index in [1.807, 2.05) is 6.92 Å². The lowest BCUT2D eigenvalue weighted by Crippen LogP contribution is -2.25. The summed E-state index contributed by atoms with van der Waals surface area (Å²) >= 11 is 0. The molecule has 0 aromatic heterocycles. The lowest BCUT2D eigenvalue weighted by Gasteiger charge is -2.18. The topological polar surface area (TPSA) is 84.5 Å². The minimum Gasteiger partial charge on any atom is -0.482 e. The Balaban J connectivity index is 1.84. The number of benzene rings is 2. The SMILES string of the molecule is CCc1ccc(S(=O)(=O)Nc2ccc3c(c2)OCC(=O)N3)cc1. The Morgan fingerprint density at radius 2 is 1.91 bits per heavy atom. The number of ether oxygens (including phenoxy) is 1. The Morgan fingerprint density at radius 3 is 2.61 bits per heavy atom. The van der Waals surface area contributed by atoms with Crippen LogP contribution in [0.4, 0.5) is 11.4 Å². The number of nitrogens with one attached hydrogen (secondary N) is 2. The summed E-state index contributed by atoms with van der Waals surface area (Å²) in [5.41, 5.74) is 1.97. The number of sulfonamides is 1. The molecule has 1 aliphatic rings. The Hall–Kier alpha value is -2.54. The van der Waals surface area contributed by atoms with Crippen molar-refractivity contribution in [2.75, 3.05) is 16.6 Å². The molecule has 3 rings (SSSR count). The first-order chi connectivity index (χ1) is 11.0. The van der Waals surface area contributed by atoms with E-state index in [1.54, 1.807) is 42.5 Å². The lowest BCUT2D eigenvalue weighted by atomic mass is 10.2. The van der Waals surface area contributed by atoms with Gasteiger partial charge in [0.15, 0.2) is 6.61 Å². The minimum atomic E-state index is -3.67. The fourth-order valence-corrected chi connectivity index (χ4v) is 3.31. The summed E-state index contributed by atoms with van der Waals surface area (Å²) in [7, 11) is -3.67. The molecule has 6 nitrogen and oxygen atoms in total. The van der Waals surface area contributed by atoms with E-state index >= 15 is 0 Å². The average Bonchev–Trinajstić information content (AvgIpc) is 2.55. The predicted molar refractivity (Wildman–Crippen MR) is 87.2 cm³/mol. The fraction of sp³-hybridized carbons (Fsp3) is 0.188. The molecule has 0 radical (unpaired) electrons. The number of aryl methyl sites for hydroxylation is 1. The van der Waals surface area contributed by atoms with E-state index in [2.05, 4.69) is 10.0 Å². The van der Waals surface area contributed by atoms with E-state index in [0.29, 0.717) is 17.1 Å². The van der Waals surface area contributed by atoms with Crippen LogP contribution in [0.25, 0.3) is 0 Å². The molecule has 0 spiro atoms. The van der Waals surface area contributed by atoms with Crippen molar-refractivity contribution in [2.45, 2.75) is 18.2 Å². The largest absolute Gasteiger partial charge is 0.482 e. The van der Waals surface area contributed by atoms with Gasteiger partial charge in [0.25, 0.3) is 15.9 Å². The van der Waals surface area contributed by atoms with Gasteiger partial charge in [-0.25, -0.2) is 8.42 Å². The highest BCUT2D eigenvalue weighted by molar-refractivity contribution is 7.92. The molecule has 2 N–H and O–H groups in total. The van der Waals surface area contributed by atoms with Gasteiger partial charge >= 0.3 is 0 Å². The van der Waals surface area contributed by atoms with Crippen molar-refractivity contribution < 1.29 is 17.9 Å². The van der Waals surface area contributed by atoms with Gasteiger partial charge in [0, 0.05) is 6.07 Å². The van der Waals surface area contributed by atoms with Crippen molar-refractivity contribution >= 4 is 27.3 Å². The third kappa shape index (κ3) is 3.29. The van der Waals surface area contributed by atoms with Crippen LogP contribution >= 0.6 is 0 Å². The van der Waals surface area contributed by atoms with Gasteiger partial charge < -0.3 is 10.1 Å². The third-order valence-corrected chi connectivity index (χ3v) is 4.91. The molecule has 0 unspecified atom stereocenters. The molecular weight excluding hydrogens is 316 g/mol. The second-order valence-electron chi connectivity index (χ2n) is 5.15. The van der Waals surface area contributed by atoms with Gasteiger partial charge in [-0.2, -0.15) is 0 Å². The van der Waals surface area contributed by atoms with Gasteiger partial charge in [0.05, 0.1) is 16.3 Å². The van der Waals surface area contributed by atoms with E-state index in [9.17, 15) is 13.2 Å². The Morgan fingerprint density at radius 1 is 1.17 bits per heavy atom. The maximum Gasteiger partial charge on any atom is 0.262 e. The number of carbonyl (C=O) groups is 1. The Kier molecular flexibility index (Phi) is 3.96. The van der Waals surface area contributed by atoms with Crippen LogP contribution in [0.2, 0.25) is 0 Å². The summed E-state index contributed by atoms with van der Waals surface area (Å²) < 4.78 is 32.6. The molecule has 0 saturated heterocycles. The van der Waals surface area contributed by atoms with Gasteiger partial charge in [-0.15, -0.1) is 0 Å². The van der Waals surface area contributed by atoms with Gasteiger partial charge in [-0.05, 0) is 36.2 Å². The zero-order chi connectivity index (χ0) is 16.4. The van der Waals surface area contributed by atoms with E-state index in [1.165, 1.54) is 0 Å². The van der Waals surface area contributed by atoms with Crippen LogP contribution in [0.3, 0.4) is 0 Å². The Labute approximate surface area is 134 Å². The summed E-state index contributed by atoms with van der Waals surface area (Å²) in [6.45, 7) is 1.93. The molecule has 2 aromatic rings. The van der Waals surface area contributed by atoms with Crippen molar-refractivity contribution in [3.63, 3.8) is 0 Å². The minimum absolute atomic E-state index is 0.0817. The average molecular weight is 332 g/mol. The Bertz CT molecular complexity index is 845. The van der Waals surface area contributed by atoms with Crippen molar-refractivity contribution in [1.29, 1.82) is 0 Å². The van der Waals surface area contributed by atoms with Crippen LogP contribution in [-0.4, -0.2) is 20.9 Å². The first-order valence-corrected chi connectivity index (χ1v) is 8.65. The molecule has 0 fully saturated rings. The second-order valence-corrected chi connectivity index (χ2v) is 6.83. The smallest absolute Gasteiger partial charge is 0.262 e. The molecular formula is C16H16N2O4S. The molecule has 23 heavy (non-hydrogen) atoms. The summed E-state index contributed by atoms with van der Waals surface area (Å²) in [4.78, 5) is 11.4. The highest BCUT2D eigenvalue weighted by Gasteiger charge is 2.18. The van der Waals surface area contributed by atoms with Gasteiger partial charge in [-0.1, -0.05) is 19.1 Å². The molecule has 1 aliphatic heterocycles. The molecule has 7 heteroatoms. The zero-order valence-electron chi connectivity index (χ0n) is 12.5. The molecule has 120 valence electrons. The van der Waals surface area contributed by atoms with Crippen LogP contribution in [0.5, 0.6) is 5.75 Å². The summed E-state index contributed by atoms with van der Waals surface area (Å²) in [5, 5.41) is 2.65. The van der Waals surface area contributed by atoms with Crippen molar-refractivity contribution in [1.82, 2.24) is 0 Å². The van der Waals surface area contributed by atoms with E-state index in [0.717, 1.165) is 12.0 Å². The van der Waals surface area contributed by atoms with Crippen LogP contribution in [0.1, 0.15) is 12.5 Å². The normalized spacial score (nSPS) is 13.7. The van der Waals surface area contributed by atoms with E-state index in [-0.39, 0.29) is 17.4 Å². The van der Waals surface area contributed by atoms with Crippen molar-refractivity contribution in [2.24, 2.45) is 0 Å². The van der Waals surface area contributed by atoms with Crippen LogP contribution < -0.4 is 14.8 Å². The van der Waals surface area contributed by atoms with Crippen molar-refractivity contribution in [3.8, 4) is 5.75 Å². The van der Waals surface area contributed by atoms with Crippen molar-refractivity contribution in [3.05, 3.63) is 48.0 Å². The predicted octanol–water partition coefficient (Wildman–Crippen LogP) is 2.38. The summed E-state index contributed by atoms with van der Waals surface area (Å²) in [6.07, 6.45) is 0.849. The number of fused-ring (bicyclic) bond motifs is 1. The van der Waals surface area contributed by atoms with E-state index in [4.69, 9.17) is 4.74 Å². The number of hydrogen-bond donors (Lipinski definition) is 2. The number of anilines is 2. The highest BCUT2D eigenvalue weighted by Crippen LogP contribution is 2.31. The molecule has 1 amide bonds. The maximum absolute atomic E-state index is 12.4. The number of amides is 1. The molecule has 2 aromatic carbocycles. The first kappa shape index (κ1) is 15.4. The number of carbonyl (C=O) groups excluding carboxylic acids is 1. The summed E-state index contributed by atoms with van der Waals surface area (Å²) in [5.74, 6) is 0.202. The highest BCUT2D eigenvalue weighted by atomic mass is 32.2. The van der Waals surface area contributed by atoms with Gasteiger partial charge in [-0.3, -0.25) is 9.52 Å². The third-order valence-electron chi connectivity index (χ3n) is 3.51. The quantitative estimate of drug-likeness (QED) is 0.900. The summed E-state index contributed by atoms with van der Waals surface area (Å²) in [6, 6.07) is 11.5. The number of hydrogen-bond acceptors (Lipinski definition) is 4. The van der Waals surface area contributed by atoms with Gasteiger partial charge in [0.2, 0.25) is 0 Å². The van der Waals surface area contributed by atoms with Crippen LogP contribution in [0.15, 0.2) is 47.4 Å². The van der Waals surface area contributed by atoms with Crippen LogP contribution in [-0.2, 0) is 21.2 Å². The van der Waals surface area contributed by atoms with Crippen LogP contribution in [0, 0.1) is 0 Å². The maximum atomic E-state index is 12.4. The molecule has 0 aliphatic carbocycles. The number of rotatable bonds is 4. The standard InChI is InChI=1S/C16H16N2O4S/c1-2-11-3-6-13(7-4-11)23(20,21)18-12-5-8-14-15(9-12)22-10-16(19)17-14/h3-9,18H,2,10H2,1H3,(H,17,19). The molecule has 1 heterocycles. The fourth-order valence-electron chi connectivity index (χ4n) is 2.26.